The SMILES string of the molecule is O=C(O)CCC1CCN(C(=O)[C@H]2OCC[C@H]2NC(=O)OCC2c3ccccc3-c3ccccc32)C1. The first-order valence-corrected chi connectivity index (χ1v) is 12.2. The number of likely N-dealkylation sites (tertiary alicyclic amines) is 1. The van der Waals surface area contributed by atoms with Crippen LogP contribution in [-0.2, 0) is 19.1 Å². The van der Waals surface area contributed by atoms with Crippen LogP contribution >= 0.6 is 0 Å². The predicted octanol–water partition coefficient (Wildman–Crippen LogP) is 3.40. The zero-order valence-corrected chi connectivity index (χ0v) is 19.5. The molecule has 2 heterocycles. The van der Waals surface area contributed by atoms with Gasteiger partial charge in [-0.05, 0) is 47.4 Å². The van der Waals surface area contributed by atoms with Crippen LogP contribution in [0.5, 0.6) is 0 Å². The van der Waals surface area contributed by atoms with Crippen molar-refractivity contribution in [2.75, 3.05) is 26.3 Å². The number of hydrogen-bond acceptors (Lipinski definition) is 5. The lowest BCUT2D eigenvalue weighted by Gasteiger charge is -2.25. The summed E-state index contributed by atoms with van der Waals surface area (Å²) in [6.07, 6.45) is 0.701. The Hall–Kier alpha value is -3.39. The van der Waals surface area contributed by atoms with Gasteiger partial charge in [0.05, 0.1) is 6.04 Å². The van der Waals surface area contributed by atoms with Crippen molar-refractivity contribution in [3.8, 4) is 11.1 Å². The molecule has 8 heteroatoms. The van der Waals surface area contributed by atoms with Crippen molar-refractivity contribution in [3.05, 3.63) is 59.7 Å². The molecule has 1 unspecified atom stereocenters. The fourth-order valence-electron chi connectivity index (χ4n) is 5.55. The number of alkyl carbamates (subject to hydrolysis) is 1. The van der Waals surface area contributed by atoms with Gasteiger partial charge in [-0.2, -0.15) is 0 Å². The van der Waals surface area contributed by atoms with Gasteiger partial charge in [0.15, 0.2) is 6.10 Å². The number of carbonyl (C=O) groups excluding carboxylic acids is 2. The minimum Gasteiger partial charge on any atom is -0.481 e. The first-order valence-electron chi connectivity index (χ1n) is 12.2. The normalized spacial score (nSPS) is 23.1. The third-order valence-electron chi connectivity index (χ3n) is 7.35. The molecule has 184 valence electrons. The molecule has 2 aromatic carbocycles. The number of carbonyl (C=O) groups is 3. The zero-order valence-electron chi connectivity index (χ0n) is 19.5. The Morgan fingerprint density at radius 3 is 2.40 bits per heavy atom. The van der Waals surface area contributed by atoms with E-state index in [1.165, 1.54) is 11.1 Å². The van der Waals surface area contributed by atoms with Crippen LogP contribution in [0.25, 0.3) is 11.1 Å². The summed E-state index contributed by atoms with van der Waals surface area (Å²) >= 11 is 0. The van der Waals surface area contributed by atoms with Gasteiger partial charge in [-0.15, -0.1) is 0 Å². The number of carboxylic acids is 1. The number of fused-ring (bicyclic) bond motifs is 3. The first-order chi connectivity index (χ1) is 17.0. The van der Waals surface area contributed by atoms with Gasteiger partial charge in [-0.25, -0.2) is 4.79 Å². The van der Waals surface area contributed by atoms with E-state index in [-0.39, 0.29) is 30.8 Å². The fraction of sp³-hybridized carbons (Fsp3) is 0.444. The van der Waals surface area contributed by atoms with E-state index < -0.39 is 24.2 Å². The molecule has 0 saturated carbocycles. The van der Waals surface area contributed by atoms with E-state index in [2.05, 4.69) is 29.6 Å². The van der Waals surface area contributed by atoms with E-state index in [4.69, 9.17) is 14.6 Å². The van der Waals surface area contributed by atoms with Crippen molar-refractivity contribution >= 4 is 18.0 Å². The van der Waals surface area contributed by atoms with E-state index >= 15 is 0 Å². The number of rotatable bonds is 7. The van der Waals surface area contributed by atoms with Crippen molar-refractivity contribution < 1.29 is 29.0 Å². The molecule has 1 aliphatic carbocycles. The summed E-state index contributed by atoms with van der Waals surface area (Å²) < 4.78 is 11.3. The van der Waals surface area contributed by atoms with Crippen LogP contribution in [0.4, 0.5) is 4.79 Å². The summed E-state index contributed by atoms with van der Waals surface area (Å²) in [7, 11) is 0. The number of ether oxygens (including phenoxy) is 2. The van der Waals surface area contributed by atoms with Crippen molar-refractivity contribution in [2.45, 2.75) is 43.7 Å². The number of benzene rings is 2. The van der Waals surface area contributed by atoms with Gasteiger partial charge in [0.1, 0.15) is 6.61 Å². The van der Waals surface area contributed by atoms with Gasteiger partial charge < -0.3 is 24.8 Å². The lowest BCUT2D eigenvalue weighted by Crippen LogP contribution is -2.49. The second-order valence-electron chi connectivity index (χ2n) is 9.53. The van der Waals surface area contributed by atoms with Crippen LogP contribution in [-0.4, -0.2) is 66.4 Å². The Balaban J connectivity index is 1.16. The van der Waals surface area contributed by atoms with Crippen LogP contribution in [0.3, 0.4) is 0 Å². The van der Waals surface area contributed by atoms with Crippen molar-refractivity contribution in [2.24, 2.45) is 5.92 Å². The maximum atomic E-state index is 13.1. The summed E-state index contributed by atoms with van der Waals surface area (Å²) in [5, 5.41) is 11.7. The molecule has 2 aliphatic heterocycles. The predicted molar refractivity (Wildman–Crippen MR) is 128 cm³/mol. The van der Waals surface area contributed by atoms with E-state index in [9.17, 15) is 14.4 Å². The van der Waals surface area contributed by atoms with E-state index in [0.29, 0.717) is 32.5 Å². The maximum Gasteiger partial charge on any atom is 0.407 e. The number of nitrogens with zero attached hydrogens (tertiary/aromatic N) is 1. The molecule has 5 rings (SSSR count). The highest BCUT2D eigenvalue weighted by molar-refractivity contribution is 5.83. The quantitative estimate of drug-likeness (QED) is 0.632. The molecule has 0 bridgehead atoms. The Morgan fingerprint density at radius 1 is 1.03 bits per heavy atom. The van der Waals surface area contributed by atoms with Gasteiger partial charge in [0.25, 0.3) is 5.91 Å². The molecule has 2 amide bonds. The molecule has 2 aromatic rings. The molecule has 35 heavy (non-hydrogen) atoms. The third kappa shape index (κ3) is 4.89. The van der Waals surface area contributed by atoms with Gasteiger partial charge in [-0.1, -0.05) is 48.5 Å². The van der Waals surface area contributed by atoms with E-state index in [1.54, 1.807) is 4.90 Å². The number of nitrogens with one attached hydrogen (secondary N) is 1. The number of aliphatic carboxylic acids is 1. The Kier molecular flexibility index (Phi) is 6.72. The Morgan fingerprint density at radius 2 is 1.71 bits per heavy atom. The molecular weight excluding hydrogens is 448 g/mol. The number of amides is 2. The van der Waals surface area contributed by atoms with Crippen LogP contribution in [0.15, 0.2) is 48.5 Å². The zero-order chi connectivity index (χ0) is 24.4. The topological polar surface area (TPSA) is 105 Å². The Bertz CT molecular complexity index is 1070. The second-order valence-corrected chi connectivity index (χ2v) is 9.53. The van der Waals surface area contributed by atoms with Gasteiger partial charge >= 0.3 is 12.1 Å². The molecule has 2 saturated heterocycles. The standard InChI is InChI=1S/C27H30N2O6/c30-24(31)10-9-17-11-13-29(15-17)26(32)25-23(12-14-34-25)28-27(33)35-16-22-20-7-3-1-5-18(20)19-6-2-4-8-21(19)22/h1-8,17,22-23,25H,9-16H2,(H,28,33)(H,30,31)/t17?,23-,25+/m1/s1. The van der Waals surface area contributed by atoms with Crippen LogP contribution < -0.4 is 5.32 Å². The lowest BCUT2D eigenvalue weighted by atomic mass is 9.98. The summed E-state index contributed by atoms with van der Waals surface area (Å²) in [5.74, 6) is -0.812. The fourth-order valence-corrected chi connectivity index (χ4v) is 5.55. The number of carboxylic acid groups (broad SMARTS) is 1. The highest BCUT2D eigenvalue weighted by Crippen LogP contribution is 2.44. The van der Waals surface area contributed by atoms with Crippen LogP contribution in [0, 0.1) is 5.92 Å². The molecule has 3 aliphatic rings. The molecule has 0 spiro atoms. The van der Waals surface area contributed by atoms with Crippen molar-refractivity contribution in [1.82, 2.24) is 10.2 Å². The average Bonchev–Trinajstić information content (AvgIpc) is 3.59. The average molecular weight is 479 g/mol. The summed E-state index contributed by atoms with van der Waals surface area (Å²) in [6.45, 7) is 1.72. The van der Waals surface area contributed by atoms with Crippen molar-refractivity contribution in [1.29, 1.82) is 0 Å². The third-order valence-corrected chi connectivity index (χ3v) is 7.35. The summed E-state index contributed by atoms with van der Waals surface area (Å²) in [5.41, 5.74) is 4.62. The molecule has 0 radical (unpaired) electrons. The molecule has 2 fully saturated rings. The molecule has 0 aromatic heterocycles. The van der Waals surface area contributed by atoms with Gasteiger partial charge in [0, 0.05) is 32.0 Å². The first kappa shape index (κ1) is 23.4. The minimum atomic E-state index is -0.818. The largest absolute Gasteiger partial charge is 0.481 e. The minimum absolute atomic E-state index is 0.0299. The van der Waals surface area contributed by atoms with E-state index in [0.717, 1.165) is 17.5 Å². The highest BCUT2D eigenvalue weighted by atomic mass is 16.6. The second kappa shape index (κ2) is 10.1. The van der Waals surface area contributed by atoms with Crippen LogP contribution in [0.2, 0.25) is 0 Å². The van der Waals surface area contributed by atoms with Gasteiger partial charge in [-0.3, -0.25) is 9.59 Å². The molecular formula is C27H30N2O6. The summed E-state index contributed by atoms with van der Waals surface area (Å²) in [4.78, 5) is 38.3. The monoisotopic (exact) mass is 478 g/mol. The highest BCUT2D eigenvalue weighted by Gasteiger charge is 2.40. The van der Waals surface area contributed by atoms with Crippen LogP contribution in [0.1, 0.15) is 42.7 Å². The van der Waals surface area contributed by atoms with Crippen molar-refractivity contribution in [3.63, 3.8) is 0 Å². The maximum absolute atomic E-state index is 13.1. The van der Waals surface area contributed by atoms with E-state index in [1.807, 2.05) is 24.3 Å². The van der Waals surface area contributed by atoms with Gasteiger partial charge in [0.2, 0.25) is 0 Å². The smallest absolute Gasteiger partial charge is 0.407 e. The summed E-state index contributed by atoms with van der Waals surface area (Å²) in [6, 6.07) is 15.9. The molecule has 2 N–H and O–H groups in total. The number of hydrogen-bond donors (Lipinski definition) is 2. The molecule has 8 nitrogen and oxygen atoms in total. The lowest BCUT2D eigenvalue weighted by molar-refractivity contribution is -0.140. The Labute approximate surface area is 204 Å². The molecule has 3 atom stereocenters.